The summed E-state index contributed by atoms with van der Waals surface area (Å²) in [4.78, 5) is 63.4. The number of aromatic nitrogens is 6. The molecule has 3 atom stereocenters. The zero-order chi connectivity index (χ0) is 40.7. The fraction of sp³-hybridized carbons (Fsp3) is 0.382. The van der Waals surface area contributed by atoms with Crippen LogP contribution in [0.3, 0.4) is 0 Å². The molecule has 6 rings (SSSR count). The molecule has 0 saturated carbocycles. The molecule has 6 aromatic rings. The molecular weight excluding hydrogens is 754 g/mol. The number of nitrogens with zero attached hydrogens (tertiary/aromatic N) is 6. The van der Waals surface area contributed by atoms with Crippen LogP contribution in [0.25, 0.3) is 46.3 Å². The summed E-state index contributed by atoms with van der Waals surface area (Å²) in [6.07, 6.45) is 7.00. The van der Waals surface area contributed by atoms with Crippen molar-refractivity contribution in [2.75, 3.05) is 7.11 Å². The van der Waals surface area contributed by atoms with Gasteiger partial charge in [-0.1, -0.05) is 27.7 Å². The Morgan fingerprint density at radius 3 is 1.50 bits per heavy atom. The SMILES string of the molecule is COC(=O)c1coc(-c2coc(-c3coc(C(NC(=O)c4coc(-c5coc(-c6coc(C(NC(=O)OC(C)(C)C)C(C)C)n6)n5)n4)C(C)C)n3)n2)n1.O=BP. The van der Waals surface area contributed by atoms with E-state index in [0.717, 1.165) is 6.26 Å². The molecule has 2 N–H and O–H groups in total. The monoisotopic (exact) mass is 792 g/mol. The molecule has 0 aliphatic rings. The minimum absolute atomic E-state index is 0.0180. The van der Waals surface area contributed by atoms with Crippen molar-refractivity contribution in [1.82, 2.24) is 40.5 Å². The molecule has 0 fully saturated rings. The second-order valence-corrected chi connectivity index (χ2v) is 13.8. The van der Waals surface area contributed by atoms with Gasteiger partial charge >= 0.3 is 32.8 Å². The van der Waals surface area contributed by atoms with Crippen LogP contribution in [0.4, 0.5) is 4.79 Å². The molecule has 56 heavy (non-hydrogen) atoms. The van der Waals surface area contributed by atoms with Gasteiger partial charge in [-0.15, -0.1) is 0 Å². The predicted octanol–water partition coefficient (Wildman–Crippen LogP) is 6.24. The van der Waals surface area contributed by atoms with Gasteiger partial charge in [0.05, 0.1) is 7.11 Å². The van der Waals surface area contributed by atoms with Gasteiger partial charge in [0.15, 0.2) is 34.2 Å². The third-order valence-electron chi connectivity index (χ3n) is 7.39. The van der Waals surface area contributed by atoms with Gasteiger partial charge in [-0.25, -0.2) is 39.5 Å². The summed E-state index contributed by atoms with van der Waals surface area (Å²) >= 11 is 0. The first-order chi connectivity index (χ1) is 26.6. The summed E-state index contributed by atoms with van der Waals surface area (Å²) in [5.74, 6) is -0.797. The summed E-state index contributed by atoms with van der Waals surface area (Å²) in [7, 11) is 3.13. The van der Waals surface area contributed by atoms with Crippen molar-refractivity contribution in [1.29, 1.82) is 0 Å². The second-order valence-electron chi connectivity index (χ2n) is 13.5. The number of carbonyl (C=O) groups excluding carboxylic acids is 3. The van der Waals surface area contributed by atoms with Crippen LogP contribution >= 0.6 is 9.12 Å². The number of hydrogen-bond acceptors (Lipinski definition) is 18. The van der Waals surface area contributed by atoms with Gasteiger partial charge in [0.25, 0.3) is 5.91 Å². The Morgan fingerprint density at radius 2 is 1.04 bits per heavy atom. The molecule has 3 unspecified atom stereocenters. The summed E-state index contributed by atoms with van der Waals surface area (Å²) in [5.41, 5.74) is 0.194. The molecule has 0 aliphatic carbocycles. The standard InChI is InChI=1S/C34H36N8O11.BH2OP/c1-15(2)23(30-38-20(12-51-30)27-37-19(11-49-27)29-40-22(14-50-29)32(44)46-8)41-25(43)17-9-47-26(35-17)18-10-48-28(36-18)21-13-52-31(39-21)24(16(3)4)42-33(45)53-34(5,6)7;2-1-3/h9-16,23-24H,1-8H3,(H,41,43)(H,42,45);3H2. The van der Waals surface area contributed by atoms with Crippen molar-refractivity contribution in [3.05, 3.63) is 60.7 Å². The van der Waals surface area contributed by atoms with E-state index in [0.29, 0.717) is 6.87 Å². The van der Waals surface area contributed by atoms with Crippen LogP contribution in [0.5, 0.6) is 0 Å². The Kier molecular flexibility index (Phi) is 12.8. The van der Waals surface area contributed by atoms with Gasteiger partial charge < -0.3 is 46.6 Å². The molecule has 0 spiro atoms. The van der Waals surface area contributed by atoms with Crippen LogP contribution in [-0.4, -0.2) is 67.5 Å². The van der Waals surface area contributed by atoms with E-state index in [1.807, 2.05) is 36.8 Å². The van der Waals surface area contributed by atoms with E-state index in [1.165, 1.54) is 38.4 Å². The second kappa shape index (κ2) is 17.5. The molecule has 0 bridgehead atoms. The average molecular weight is 793 g/mol. The first kappa shape index (κ1) is 40.9. The first-order valence-corrected chi connectivity index (χ1v) is 17.6. The topological polar surface area (TPSA) is 267 Å². The number of methoxy groups -OCH3 is 1. The summed E-state index contributed by atoms with van der Waals surface area (Å²) in [6, 6.07) is -1.26. The molecule has 6 aromatic heterocycles. The van der Waals surface area contributed by atoms with Crippen molar-refractivity contribution in [2.24, 2.45) is 11.8 Å². The summed E-state index contributed by atoms with van der Waals surface area (Å²) < 4.78 is 52.1. The fourth-order valence-electron chi connectivity index (χ4n) is 4.80. The Bertz CT molecular complexity index is 2280. The number of nitrogens with one attached hydrogen (secondary N) is 2. The maximum absolute atomic E-state index is 13.3. The van der Waals surface area contributed by atoms with Crippen molar-refractivity contribution < 1.29 is 55.1 Å². The van der Waals surface area contributed by atoms with Crippen molar-refractivity contribution >= 4 is 34.0 Å². The maximum atomic E-state index is 13.3. The van der Waals surface area contributed by atoms with Crippen molar-refractivity contribution in [3.63, 3.8) is 0 Å². The zero-order valence-electron chi connectivity index (χ0n) is 31.5. The van der Waals surface area contributed by atoms with E-state index >= 15 is 0 Å². The third kappa shape index (κ3) is 9.89. The van der Waals surface area contributed by atoms with E-state index in [4.69, 9.17) is 35.9 Å². The Labute approximate surface area is 321 Å². The number of rotatable bonds is 12. The van der Waals surface area contributed by atoms with Gasteiger partial charge in [0, 0.05) is 0 Å². The number of amides is 2. The van der Waals surface area contributed by atoms with Gasteiger partial charge in [0.1, 0.15) is 55.3 Å². The minimum atomic E-state index is -0.681. The molecule has 2 amide bonds. The molecule has 20 nitrogen and oxygen atoms in total. The average Bonchev–Trinajstić information content (AvgIpc) is 3.98. The summed E-state index contributed by atoms with van der Waals surface area (Å²) in [6.45, 7) is 13.5. The fourth-order valence-corrected chi connectivity index (χ4v) is 4.80. The van der Waals surface area contributed by atoms with E-state index in [9.17, 15) is 14.4 Å². The van der Waals surface area contributed by atoms with Crippen molar-refractivity contribution in [3.8, 4) is 46.3 Å². The number of alkyl carbamates (subject to hydrolysis) is 1. The van der Waals surface area contributed by atoms with Gasteiger partial charge in [0.2, 0.25) is 35.3 Å². The van der Waals surface area contributed by atoms with E-state index in [-0.39, 0.29) is 81.3 Å². The molecule has 0 aromatic carbocycles. The number of esters is 1. The van der Waals surface area contributed by atoms with E-state index in [2.05, 4.69) is 45.3 Å². The molecule has 0 radical (unpaired) electrons. The molecule has 22 heteroatoms. The van der Waals surface area contributed by atoms with Gasteiger partial charge in [-0.2, -0.15) is 0 Å². The van der Waals surface area contributed by atoms with Gasteiger partial charge in [-0.05, 0) is 32.6 Å². The quantitative estimate of drug-likeness (QED) is 0.0788. The van der Waals surface area contributed by atoms with Crippen LogP contribution in [0.15, 0.2) is 64.1 Å². The molecule has 0 saturated heterocycles. The van der Waals surface area contributed by atoms with E-state index < -0.39 is 35.7 Å². The van der Waals surface area contributed by atoms with Crippen LogP contribution in [0.1, 0.15) is 93.3 Å². The first-order valence-electron chi connectivity index (χ1n) is 16.9. The van der Waals surface area contributed by atoms with Crippen molar-refractivity contribution in [2.45, 2.75) is 66.2 Å². The summed E-state index contributed by atoms with van der Waals surface area (Å²) in [5, 5.41) is 5.65. The number of ether oxygens (including phenoxy) is 2. The molecular formula is C34H38BN8O12P. The Morgan fingerprint density at radius 1 is 0.643 bits per heavy atom. The number of hydrogen-bond donors (Lipinski definition) is 2. The molecule has 294 valence electrons. The normalized spacial score (nSPS) is 12.4. The Hall–Kier alpha value is -6.24. The Balaban J connectivity index is 0.00000194. The van der Waals surface area contributed by atoms with Crippen LogP contribution in [0.2, 0.25) is 0 Å². The van der Waals surface area contributed by atoms with Crippen LogP contribution in [0, 0.1) is 11.8 Å². The van der Waals surface area contributed by atoms with Crippen LogP contribution in [-0.2, 0) is 14.2 Å². The third-order valence-corrected chi connectivity index (χ3v) is 7.39. The number of oxazole rings is 6. The predicted molar refractivity (Wildman–Crippen MR) is 194 cm³/mol. The molecule has 0 aliphatic heterocycles. The molecule has 6 heterocycles. The number of carbonyl (C=O) groups is 3. The van der Waals surface area contributed by atoms with Gasteiger partial charge in [-0.3, -0.25) is 4.79 Å². The van der Waals surface area contributed by atoms with E-state index in [1.54, 1.807) is 20.8 Å². The van der Waals surface area contributed by atoms with Crippen LogP contribution < -0.4 is 10.6 Å². The zero-order valence-corrected chi connectivity index (χ0v) is 32.7.